The summed E-state index contributed by atoms with van der Waals surface area (Å²) in [7, 11) is 0. The molecule has 0 heterocycles. The van der Waals surface area contributed by atoms with Gasteiger partial charge in [-0.1, -0.05) is 0 Å². The number of hydrogen-bond donors (Lipinski definition) is 2. The minimum atomic E-state index is -2.86. The number of halogens is 2. The van der Waals surface area contributed by atoms with E-state index < -0.39 is 6.61 Å². The van der Waals surface area contributed by atoms with Crippen LogP contribution in [-0.4, -0.2) is 25.1 Å². The lowest BCUT2D eigenvalue weighted by Crippen LogP contribution is -2.41. The van der Waals surface area contributed by atoms with E-state index in [4.69, 9.17) is 5.73 Å². The van der Waals surface area contributed by atoms with Crippen LogP contribution >= 0.6 is 0 Å². The standard InChI is InChI=1S/C13H16F2N2O2/c14-13(15)19-10-5-3-9(4-6-10)12(18)17-11(7-16)8-1-2-8/h3-6,8,11,13H,1-2,7,16H2,(H,17,18). The highest BCUT2D eigenvalue weighted by Gasteiger charge is 2.31. The summed E-state index contributed by atoms with van der Waals surface area (Å²) in [5, 5.41) is 2.85. The van der Waals surface area contributed by atoms with Crippen LogP contribution < -0.4 is 15.8 Å². The van der Waals surface area contributed by atoms with Crippen molar-refractivity contribution < 1.29 is 18.3 Å². The van der Waals surface area contributed by atoms with Crippen molar-refractivity contribution in [1.82, 2.24) is 5.32 Å². The summed E-state index contributed by atoms with van der Waals surface area (Å²) in [4.78, 5) is 11.9. The average Bonchev–Trinajstić information content (AvgIpc) is 3.20. The molecule has 2 rings (SSSR count). The third-order valence-corrected chi connectivity index (χ3v) is 3.10. The van der Waals surface area contributed by atoms with E-state index in [1.165, 1.54) is 24.3 Å². The molecule has 0 aliphatic heterocycles. The topological polar surface area (TPSA) is 64.3 Å². The first-order valence-corrected chi connectivity index (χ1v) is 6.16. The van der Waals surface area contributed by atoms with E-state index in [1.807, 2.05) is 0 Å². The number of nitrogens with two attached hydrogens (primary N) is 1. The maximum Gasteiger partial charge on any atom is 0.387 e. The number of hydrogen-bond acceptors (Lipinski definition) is 3. The van der Waals surface area contributed by atoms with Gasteiger partial charge in [0.25, 0.3) is 5.91 Å². The van der Waals surface area contributed by atoms with Gasteiger partial charge in [-0.05, 0) is 43.0 Å². The number of ether oxygens (including phenoxy) is 1. The Balaban J connectivity index is 1.94. The molecule has 1 unspecified atom stereocenters. The molecule has 1 atom stereocenters. The Labute approximate surface area is 109 Å². The molecule has 1 amide bonds. The van der Waals surface area contributed by atoms with Crippen LogP contribution in [0.3, 0.4) is 0 Å². The highest BCUT2D eigenvalue weighted by molar-refractivity contribution is 5.94. The van der Waals surface area contributed by atoms with Crippen molar-refractivity contribution >= 4 is 5.91 Å². The first kappa shape index (κ1) is 13.7. The smallest absolute Gasteiger partial charge is 0.387 e. The van der Waals surface area contributed by atoms with Gasteiger partial charge in [0, 0.05) is 18.2 Å². The zero-order valence-corrected chi connectivity index (χ0v) is 10.3. The number of nitrogens with one attached hydrogen (secondary N) is 1. The fourth-order valence-corrected chi connectivity index (χ4v) is 1.91. The molecule has 1 aliphatic rings. The monoisotopic (exact) mass is 270 g/mol. The van der Waals surface area contributed by atoms with Gasteiger partial charge in [-0.3, -0.25) is 4.79 Å². The summed E-state index contributed by atoms with van der Waals surface area (Å²) in [5.74, 6) is 0.255. The van der Waals surface area contributed by atoms with Crippen LogP contribution in [0.2, 0.25) is 0 Å². The fraction of sp³-hybridized carbons (Fsp3) is 0.462. The SMILES string of the molecule is NCC(NC(=O)c1ccc(OC(F)F)cc1)C1CC1. The first-order valence-electron chi connectivity index (χ1n) is 6.16. The summed E-state index contributed by atoms with van der Waals surface area (Å²) in [6.07, 6.45) is 2.17. The molecule has 6 heteroatoms. The Kier molecular flexibility index (Phi) is 4.31. The largest absolute Gasteiger partial charge is 0.435 e. The van der Waals surface area contributed by atoms with Crippen LogP contribution in [-0.2, 0) is 0 Å². The predicted octanol–water partition coefficient (Wildman–Crippen LogP) is 1.76. The van der Waals surface area contributed by atoms with Gasteiger partial charge in [0.1, 0.15) is 5.75 Å². The molecule has 1 saturated carbocycles. The van der Waals surface area contributed by atoms with Gasteiger partial charge in [0.15, 0.2) is 0 Å². The van der Waals surface area contributed by atoms with Crippen molar-refractivity contribution in [2.75, 3.05) is 6.54 Å². The minimum absolute atomic E-state index is 0.00973. The number of rotatable bonds is 6. The maximum absolute atomic E-state index is 12.0. The molecule has 4 nitrogen and oxygen atoms in total. The molecule has 1 fully saturated rings. The number of carbonyl (C=O) groups excluding carboxylic acids is 1. The van der Waals surface area contributed by atoms with Gasteiger partial charge in [-0.2, -0.15) is 8.78 Å². The predicted molar refractivity (Wildman–Crippen MR) is 66.1 cm³/mol. The van der Waals surface area contributed by atoms with E-state index in [2.05, 4.69) is 10.1 Å². The number of carbonyl (C=O) groups is 1. The third-order valence-electron chi connectivity index (χ3n) is 3.10. The van der Waals surface area contributed by atoms with Crippen LogP contribution in [0.5, 0.6) is 5.75 Å². The van der Waals surface area contributed by atoms with E-state index in [0.29, 0.717) is 18.0 Å². The average molecular weight is 270 g/mol. The second-order valence-electron chi connectivity index (χ2n) is 4.56. The minimum Gasteiger partial charge on any atom is -0.435 e. The van der Waals surface area contributed by atoms with E-state index in [0.717, 1.165) is 12.8 Å². The molecule has 19 heavy (non-hydrogen) atoms. The molecule has 3 N–H and O–H groups in total. The van der Waals surface area contributed by atoms with Crippen molar-refractivity contribution in [1.29, 1.82) is 0 Å². The number of alkyl halides is 2. The molecule has 1 aromatic rings. The lowest BCUT2D eigenvalue weighted by molar-refractivity contribution is -0.0498. The lowest BCUT2D eigenvalue weighted by Gasteiger charge is -2.16. The fourth-order valence-electron chi connectivity index (χ4n) is 1.91. The van der Waals surface area contributed by atoms with Crippen molar-refractivity contribution in [3.63, 3.8) is 0 Å². The number of benzene rings is 1. The van der Waals surface area contributed by atoms with E-state index in [9.17, 15) is 13.6 Å². The van der Waals surface area contributed by atoms with Gasteiger partial charge >= 0.3 is 6.61 Å². The molecular formula is C13H16F2N2O2. The molecule has 0 bridgehead atoms. The zero-order valence-electron chi connectivity index (χ0n) is 10.3. The summed E-state index contributed by atoms with van der Waals surface area (Å²) in [6.45, 7) is -2.46. The lowest BCUT2D eigenvalue weighted by atomic mass is 10.1. The zero-order chi connectivity index (χ0) is 13.8. The Morgan fingerprint density at radius 1 is 1.37 bits per heavy atom. The van der Waals surface area contributed by atoms with Crippen molar-refractivity contribution in [2.45, 2.75) is 25.5 Å². The van der Waals surface area contributed by atoms with Crippen LogP contribution in [0.4, 0.5) is 8.78 Å². The van der Waals surface area contributed by atoms with Crippen LogP contribution in [0.1, 0.15) is 23.2 Å². The molecule has 0 spiro atoms. The summed E-state index contributed by atoms with van der Waals surface area (Å²) < 4.78 is 28.2. The van der Waals surface area contributed by atoms with Crippen molar-refractivity contribution in [2.24, 2.45) is 11.7 Å². The van der Waals surface area contributed by atoms with Crippen LogP contribution in [0.15, 0.2) is 24.3 Å². The van der Waals surface area contributed by atoms with Crippen LogP contribution in [0, 0.1) is 5.92 Å². The van der Waals surface area contributed by atoms with Crippen LogP contribution in [0.25, 0.3) is 0 Å². The second-order valence-corrected chi connectivity index (χ2v) is 4.56. The Hall–Kier alpha value is -1.69. The highest BCUT2D eigenvalue weighted by Crippen LogP contribution is 2.32. The summed E-state index contributed by atoms with van der Waals surface area (Å²) in [6, 6.07) is 5.58. The van der Waals surface area contributed by atoms with Crippen molar-refractivity contribution in [3.8, 4) is 5.75 Å². The first-order chi connectivity index (χ1) is 9.10. The molecule has 0 saturated heterocycles. The van der Waals surface area contributed by atoms with Gasteiger partial charge in [-0.25, -0.2) is 0 Å². The molecule has 1 aliphatic carbocycles. The molecular weight excluding hydrogens is 254 g/mol. The van der Waals surface area contributed by atoms with Gasteiger partial charge in [0.05, 0.1) is 0 Å². The van der Waals surface area contributed by atoms with E-state index in [1.54, 1.807) is 0 Å². The van der Waals surface area contributed by atoms with E-state index in [-0.39, 0.29) is 17.7 Å². The summed E-state index contributed by atoms with van der Waals surface area (Å²) in [5.41, 5.74) is 6.00. The molecule has 0 radical (unpaired) electrons. The summed E-state index contributed by atoms with van der Waals surface area (Å²) >= 11 is 0. The van der Waals surface area contributed by atoms with Crippen molar-refractivity contribution in [3.05, 3.63) is 29.8 Å². The molecule has 104 valence electrons. The van der Waals surface area contributed by atoms with Gasteiger partial charge < -0.3 is 15.8 Å². The number of amides is 1. The second kappa shape index (κ2) is 5.97. The van der Waals surface area contributed by atoms with Gasteiger partial charge in [0.2, 0.25) is 0 Å². The Morgan fingerprint density at radius 2 is 2.00 bits per heavy atom. The third kappa shape index (κ3) is 3.89. The maximum atomic E-state index is 12.0. The highest BCUT2D eigenvalue weighted by atomic mass is 19.3. The normalized spacial score (nSPS) is 16.2. The Bertz CT molecular complexity index is 433. The van der Waals surface area contributed by atoms with E-state index >= 15 is 0 Å². The Morgan fingerprint density at radius 3 is 2.47 bits per heavy atom. The quantitative estimate of drug-likeness (QED) is 0.827. The molecule has 0 aromatic heterocycles. The van der Waals surface area contributed by atoms with Gasteiger partial charge in [-0.15, -0.1) is 0 Å². The molecule has 1 aromatic carbocycles.